The number of carbonyl (C=O) groups excluding carboxylic acids is 1. The van der Waals surface area contributed by atoms with Crippen LogP contribution < -0.4 is 15.5 Å². The highest BCUT2D eigenvalue weighted by molar-refractivity contribution is 7.88. The van der Waals surface area contributed by atoms with Crippen LogP contribution in [0.1, 0.15) is 18.4 Å². The number of aromatic nitrogens is 1. The molecule has 156 valence electrons. The highest BCUT2D eigenvalue weighted by atomic mass is 32.2. The van der Waals surface area contributed by atoms with Gasteiger partial charge in [0.25, 0.3) is 0 Å². The number of rotatable bonds is 6. The molecule has 1 aromatic rings. The van der Waals surface area contributed by atoms with Gasteiger partial charge in [0, 0.05) is 51.0 Å². The van der Waals surface area contributed by atoms with Crippen LogP contribution in [0.2, 0.25) is 0 Å². The molecule has 0 aromatic carbocycles. The number of sulfonamides is 1. The molecule has 3 rings (SSSR count). The van der Waals surface area contributed by atoms with Crippen LogP contribution in [0.5, 0.6) is 0 Å². The van der Waals surface area contributed by atoms with E-state index in [9.17, 15) is 13.2 Å². The molecule has 9 nitrogen and oxygen atoms in total. The smallest absolute Gasteiger partial charge is 0.315 e. The summed E-state index contributed by atoms with van der Waals surface area (Å²) < 4.78 is 30.0. The van der Waals surface area contributed by atoms with E-state index in [4.69, 9.17) is 4.74 Å². The summed E-state index contributed by atoms with van der Waals surface area (Å²) in [7, 11) is -3.12. The maximum absolute atomic E-state index is 12.2. The topological polar surface area (TPSA) is 104 Å². The summed E-state index contributed by atoms with van der Waals surface area (Å²) in [6.45, 7) is 4.94. The number of carbonyl (C=O) groups is 1. The van der Waals surface area contributed by atoms with Crippen molar-refractivity contribution < 1.29 is 17.9 Å². The number of amides is 2. The van der Waals surface area contributed by atoms with Crippen LogP contribution in [0.25, 0.3) is 0 Å². The van der Waals surface area contributed by atoms with Crippen molar-refractivity contribution >= 4 is 21.9 Å². The molecule has 2 saturated heterocycles. The van der Waals surface area contributed by atoms with E-state index < -0.39 is 10.0 Å². The maximum Gasteiger partial charge on any atom is 0.315 e. The number of pyridine rings is 1. The molecule has 2 aliphatic heterocycles. The van der Waals surface area contributed by atoms with Crippen LogP contribution >= 0.6 is 0 Å². The molecular formula is C18H29N5O4S. The van der Waals surface area contributed by atoms with Gasteiger partial charge in [0.15, 0.2) is 0 Å². The number of ether oxygens (including phenoxy) is 1. The van der Waals surface area contributed by atoms with Crippen molar-refractivity contribution in [3.8, 4) is 0 Å². The predicted molar refractivity (Wildman–Crippen MR) is 107 cm³/mol. The lowest BCUT2D eigenvalue weighted by atomic mass is 9.98. The van der Waals surface area contributed by atoms with Crippen molar-refractivity contribution in [2.75, 3.05) is 57.1 Å². The van der Waals surface area contributed by atoms with Gasteiger partial charge in [-0.2, -0.15) is 0 Å². The molecule has 0 atom stereocenters. The first-order valence-corrected chi connectivity index (χ1v) is 11.5. The molecule has 0 bridgehead atoms. The Labute approximate surface area is 166 Å². The molecule has 2 aliphatic rings. The van der Waals surface area contributed by atoms with Gasteiger partial charge in [-0.25, -0.2) is 22.5 Å². The first-order valence-electron chi connectivity index (χ1n) is 9.67. The molecule has 0 spiro atoms. The molecule has 3 heterocycles. The van der Waals surface area contributed by atoms with Crippen molar-refractivity contribution in [2.45, 2.75) is 19.4 Å². The molecule has 0 saturated carbocycles. The minimum Gasteiger partial charge on any atom is -0.378 e. The summed E-state index contributed by atoms with van der Waals surface area (Å²) in [5, 5.41) is 5.80. The Kier molecular flexibility index (Phi) is 7.08. The number of urea groups is 1. The third-order valence-electron chi connectivity index (χ3n) is 5.21. The highest BCUT2D eigenvalue weighted by Crippen LogP contribution is 2.19. The lowest BCUT2D eigenvalue weighted by molar-refractivity contribution is 0.122. The fraction of sp³-hybridized carbons (Fsp3) is 0.667. The molecule has 0 aliphatic carbocycles. The van der Waals surface area contributed by atoms with Gasteiger partial charge in [0.2, 0.25) is 10.0 Å². The van der Waals surface area contributed by atoms with E-state index >= 15 is 0 Å². The average molecular weight is 412 g/mol. The standard InChI is InChI=1S/C18H29N5O4S/c1-28(25,26)23-7-4-15(5-8-23)13-20-18(24)21-14-16-3-2-6-19-17(16)22-9-11-27-12-10-22/h2-3,6,15H,4-5,7-14H2,1H3,(H2,20,21,24). The van der Waals surface area contributed by atoms with Crippen molar-refractivity contribution in [2.24, 2.45) is 5.92 Å². The van der Waals surface area contributed by atoms with Crippen molar-refractivity contribution in [3.63, 3.8) is 0 Å². The quantitative estimate of drug-likeness (QED) is 0.702. The summed E-state index contributed by atoms with van der Waals surface area (Å²) in [5.41, 5.74) is 0.973. The molecule has 1 aromatic heterocycles. The predicted octanol–water partition coefficient (Wildman–Crippen LogP) is 0.389. The number of nitrogens with one attached hydrogen (secondary N) is 2. The number of piperidine rings is 1. The van der Waals surface area contributed by atoms with Crippen LogP contribution in [0.15, 0.2) is 18.3 Å². The molecule has 2 N–H and O–H groups in total. The first-order chi connectivity index (χ1) is 13.4. The zero-order valence-electron chi connectivity index (χ0n) is 16.3. The number of nitrogens with zero attached hydrogens (tertiary/aromatic N) is 3. The van der Waals surface area contributed by atoms with Crippen molar-refractivity contribution in [1.82, 2.24) is 19.9 Å². The van der Waals surface area contributed by atoms with Gasteiger partial charge in [-0.05, 0) is 24.8 Å². The third-order valence-corrected chi connectivity index (χ3v) is 6.51. The Bertz CT molecular complexity index is 759. The minimum absolute atomic E-state index is 0.220. The summed E-state index contributed by atoms with van der Waals surface area (Å²) in [6.07, 6.45) is 4.52. The number of anilines is 1. The van der Waals surface area contributed by atoms with Crippen LogP contribution in [0.4, 0.5) is 10.6 Å². The molecular weight excluding hydrogens is 382 g/mol. The Morgan fingerprint density at radius 3 is 2.61 bits per heavy atom. The summed E-state index contributed by atoms with van der Waals surface area (Å²) >= 11 is 0. The van der Waals surface area contributed by atoms with E-state index in [0.29, 0.717) is 45.3 Å². The molecule has 0 unspecified atom stereocenters. The molecule has 0 radical (unpaired) electrons. The van der Waals surface area contributed by atoms with E-state index in [0.717, 1.165) is 37.3 Å². The van der Waals surface area contributed by atoms with E-state index in [1.54, 1.807) is 6.20 Å². The van der Waals surface area contributed by atoms with Crippen molar-refractivity contribution in [3.05, 3.63) is 23.9 Å². The second-order valence-corrected chi connectivity index (χ2v) is 9.24. The zero-order valence-corrected chi connectivity index (χ0v) is 17.1. The molecule has 2 fully saturated rings. The van der Waals surface area contributed by atoms with Gasteiger partial charge in [0.05, 0.1) is 19.5 Å². The minimum atomic E-state index is -3.12. The average Bonchev–Trinajstić information content (AvgIpc) is 2.71. The Morgan fingerprint density at radius 2 is 1.93 bits per heavy atom. The number of morpholine rings is 1. The summed E-state index contributed by atoms with van der Waals surface area (Å²) in [5.74, 6) is 1.19. The first kappa shape index (κ1) is 20.8. The fourth-order valence-corrected chi connectivity index (χ4v) is 4.42. The van der Waals surface area contributed by atoms with Crippen molar-refractivity contribution in [1.29, 1.82) is 0 Å². The normalized spacial score (nSPS) is 19.4. The molecule has 2 amide bonds. The van der Waals surface area contributed by atoms with Gasteiger partial charge in [-0.15, -0.1) is 0 Å². The number of hydrogen-bond acceptors (Lipinski definition) is 6. The monoisotopic (exact) mass is 411 g/mol. The van der Waals surface area contributed by atoms with E-state index in [-0.39, 0.29) is 6.03 Å². The fourth-order valence-electron chi connectivity index (χ4n) is 3.55. The number of hydrogen-bond donors (Lipinski definition) is 2. The van der Waals surface area contributed by atoms with Gasteiger partial charge in [0.1, 0.15) is 5.82 Å². The second-order valence-electron chi connectivity index (χ2n) is 7.25. The summed E-state index contributed by atoms with van der Waals surface area (Å²) in [4.78, 5) is 18.8. The largest absolute Gasteiger partial charge is 0.378 e. The Balaban J connectivity index is 1.43. The van der Waals surface area contributed by atoms with Crippen LogP contribution in [0, 0.1) is 5.92 Å². The highest BCUT2D eigenvalue weighted by Gasteiger charge is 2.25. The summed E-state index contributed by atoms with van der Waals surface area (Å²) in [6, 6.07) is 3.62. The van der Waals surface area contributed by atoms with Crippen LogP contribution in [-0.4, -0.2) is 75.9 Å². The van der Waals surface area contributed by atoms with Gasteiger partial charge in [-0.3, -0.25) is 0 Å². The SMILES string of the molecule is CS(=O)(=O)N1CCC(CNC(=O)NCc2cccnc2N2CCOCC2)CC1. The molecule has 28 heavy (non-hydrogen) atoms. The van der Waals surface area contributed by atoms with E-state index in [1.165, 1.54) is 10.6 Å². The Morgan fingerprint density at radius 1 is 1.21 bits per heavy atom. The second kappa shape index (κ2) is 9.53. The molecule has 10 heteroatoms. The van der Waals surface area contributed by atoms with Gasteiger partial charge in [-0.1, -0.05) is 6.07 Å². The third kappa shape index (κ3) is 5.79. The Hall–Kier alpha value is -1.91. The van der Waals surface area contributed by atoms with Crippen LogP contribution in [-0.2, 0) is 21.3 Å². The van der Waals surface area contributed by atoms with Gasteiger partial charge < -0.3 is 20.3 Å². The van der Waals surface area contributed by atoms with Gasteiger partial charge >= 0.3 is 6.03 Å². The van der Waals surface area contributed by atoms with Crippen LogP contribution in [0.3, 0.4) is 0 Å². The van der Waals surface area contributed by atoms with E-state index in [1.807, 2.05) is 12.1 Å². The maximum atomic E-state index is 12.2. The zero-order chi connectivity index (χ0) is 20.0. The lowest BCUT2D eigenvalue weighted by Gasteiger charge is -2.30. The lowest BCUT2D eigenvalue weighted by Crippen LogP contribution is -2.43. The van der Waals surface area contributed by atoms with E-state index in [2.05, 4.69) is 20.5 Å².